The van der Waals surface area contributed by atoms with Gasteiger partial charge in [-0.1, -0.05) is 0 Å². The summed E-state index contributed by atoms with van der Waals surface area (Å²) in [5, 5.41) is 7.92. The number of nitrogens with zero attached hydrogens (tertiary/aromatic N) is 1. The Hall–Kier alpha value is -0.770. The summed E-state index contributed by atoms with van der Waals surface area (Å²) >= 11 is 6.57. The van der Waals surface area contributed by atoms with E-state index in [2.05, 4.69) is 9.72 Å². The summed E-state index contributed by atoms with van der Waals surface area (Å²) in [4.78, 5) is 14.4. The average Bonchev–Trinajstić information content (AvgIpc) is 2.08. The van der Waals surface area contributed by atoms with E-state index in [-0.39, 0.29) is 3.70 Å². The number of hydrogen-bond donors (Lipinski definition) is 1. The first kappa shape index (κ1) is 13.3. The largest absolute Gasteiger partial charge is 0.573 e. The normalized spacial score (nSPS) is 11.3. The predicted octanol–water partition coefficient (Wildman–Crippen LogP) is 2.67. The van der Waals surface area contributed by atoms with Crippen molar-refractivity contribution in [1.29, 1.82) is 0 Å². The van der Waals surface area contributed by atoms with Crippen molar-refractivity contribution in [3.05, 3.63) is 15.5 Å². The number of ether oxygens (including phenoxy) is 1. The monoisotopic (exact) mass is 367 g/mol. The molecule has 0 fully saturated rings. The van der Waals surface area contributed by atoms with Crippen molar-refractivity contribution in [2.45, 2.75) is 6.36 Å². The second-order valence-corrected chi connectivity index (χ2v) is 3.82. The molecule has 16 heavy (non-hydrogen) atoms. The van der Waals surface area contributed by atoms with Gasteiger partial charge < -0.3 is 9.84 Å². The van der Waals surface area contributed by atoms with Crippen molar-refractivity contribution in [2.75, 3.05) is 0 Å². The van der Waals surface area contributed by atoms with E-state index in [1.807, 2.05) is 0 Å². The summed E-state index contributed by atoms with van der Waals surface area (Å²) in [6.07, 6.45) is -4.31. The molecule has 1 aromatic rings. The van der Waals surface area contributed by atoms with E-state index in [0.717, 1.165) is 6.20 Å². The second kappa shape index (κ2) is 4.62. The zero-order valence-electron chi connectivity index (χ0n) is 7.18. The Morgan fingerprint density at radius 2 is 2.12 bits per heavy atom. The fourth-order valence-electron chi connectivity index (χ4n) is 0.852. The van der Waals surface area contributed by atoms with E-state index in [9.17, 15) is 18.0 Å². The number of pyridine rings is 1. The molecule has 1 heterocycles. The summed E-state index contributed by atoms with van der Waals surface area (Å²) in [5.41, 5.74) is -0.625. The van der Waals surface area contributed by atoms with Crippen molar-refractivity contribution in [3.8, 4) is 11.5 Å². The van der Waals surface area contributed by atoms with Crippen molar-refractivity contribution in [3.63, 3.8) is 0 Å². The van der Waals surface area contributed by atoms with E-state index in [1.165, 1.54) is 22.6 Å². The third-order valence-corrected chi connectivity index (χ3v) is 2.39. The maximum Gasteiger partial charge on any atom is 0.573 e. The smallest absolute Gasteiger partial charge is 0.503 e. The molecule has 1 rings (SSSR count). The van der Waals surface area contributed by atoms with E-state index >= 15 is 0 Å². The van der Waals surface area contributed by atoms with Gasteiger partial charge >= 0.3 is 6.36 Å². The van der Waals surface area contributed by atoms with Gasteiger partial charge in [-0.25, -0.2) is 4.98 Å². The molecule has 88 valence electrons. The van der Waals surface area contributed by atoms with Crippen LogP contribution in [0.3, 0.4) is 0 Å². The molecule has 0 saturated heterocycles. The Bertz CT molecular complexity index is 438. The lowest BCUT2D eigenvalue weighted by molar-refractivity contribution is -0.275. The minimum Gasteiger partial charge on any atom is -0.503 e. The third-order valence-electron chi connectivity index (χ3n) is 1.38. The lowest BCUT2D eigenvalue weighted by atomic mass is 10.2. The first-order valence-electron chi connectivity index (χ1n) is 3.55. The molecule has 0 amide bonds. The van der Waals surface area contributed by atoms with Gasteiger partial charge in [0.2, 0.25) is 0 Å². The Morgan fingerprint density at radius 1 is 1.56 bits per heavy atom. The minimum absolute atomic E-state index is 0.102. The average molecular weight is 367 g/mol. The van der Waals surface area contributed by atoms with Gasteiger partial charge in [0.25, 0.3) is 5.24 Å². The molecule has 0 aliphatic heterocycles. The quantitative estimate of drug-likeness (QED) is 0.496. The lowest BCUT2D eigenvalue weighted by Crippen LogP contribution is -2.19. The lowest BCUT2D eigenvalue weighted by Gasteiger charge is -2.13. The molecular weight excluding hydrogens is 365 g/mol. The van der Waals surface area contributed by atoms with Crippen LogP contribution in [0.4, 0.5) is 13.2 Å². The molecule has 1 N–H and O–H groups in total. The maximum absolute atomic E-state index is 12.0. The molecular formula is C7H2ClF3INO3. The zero-order chi connectivity index (χ0) is 12.5. The van der Waals surface area contributed by atoms with E-state index in [0.29, 0.717) is 0 Å². The summed E-state index contributed by atoms with van der Waals surface area (Å²) in [6, 6.07) is 0. The van der Waals surface area contributed by atoms with Crippen molar-refractivity contribution in [2.24, 2.45) is 0 Å². The highest BCUT2D eigenvalue weighted by Gasteiger charge is 2.35. The van der Waals surface area contributed by atoms with Crippen LogP contribution in [0.15, 0.2) is 6.20 Å². The molecule has 0 bridgehead atoms. The third kappa shape index (κ3) is 3.11. The number of hydrogen-bond acceptors (Lipinski definition) is 4. The molecule has 0 atom stereocenters. The summed E-state index contributed by atoms with van der Waals surface area (Å²) in [7, 11) is 0. The second-order valence-electron chi connectivity index (χ2n) is 2.46. The zero-order valence-corrected chi connectivity index (χ0v) is 10.1. The Labute approximate surface area is 106 Å². The SMILES string of the molecule is O=C(Cl)c1c(I)ncc(O)c1OC(F)(F)F. The van der Waals surface area contributed by atoms with Crippen molar-refractivity contribution in [1.82, 2.24) is 4.98 Å². The van der Waals surface area contributed by atoms with Gasteiger partial charge in [-0.3, -0.25) is 4.79 Å². The van der Waals surface area contributed by atoms with E-state index in [1.54, 1.807) is 0 Å². The fourth-order valence-corrected chi connectivity index (χ4v) is 1.82. The van der Waals surface area contributed by atoms with E-state index in [4.69, 9.17) is 16.7 Å². The molecule has 0 aliphatic rings. The summed E-state index contributed by atoms with van der Waals surface area (Å²) in [5.74, 6) is -1.96. The van der Waals surface area contributed by atoms with Gasteiger partial charge in [-0.15, -0.1) is 13.2 Å². The Morgan fingerprint density at radius 3 is 2.56 bits per heavy atom. The van der Waals surface area contributed by atoms with Gasteiger partial charge in [-0.05, 0) is 34.2 Å². The van der Waals surface area contributed by atoms with Crippen LogP contribution in [-0.4, -0.2) is 21.7 Å². The number of carbonyl (C=O) groups is 1. The number of halogens is 5. The first-order valence-corrected chi connectivity index (χ1v) is 5.01. The van der Waals surface area contributed by atoms with Crippen LogP contribution in [0.5, 0.6) is 11.5 Å². The molecule has 4 nitrogen and oxygen atoms in total. The van der Waals surface area contributed by atoms with Gasteiger partial charge in [0, 0.05) is 0 Å². The number of aromatic hydroxyl groups is 1. The van der Waals surface area contributed by atoms with E-state index < -0.39 is 28.7 Å². The van der Waals surface area contributed by atoms with Crippen molar-refractivity contribution < 1.29 is 27.8 Å². The topological polar surface area (TPSA) is 59.4 Å². The molecule has 0 radical (unpaired) electrons. The molecule has 9 heteroatoms. The molecule has 0 saturated carbocycles. The highest BCUT2D eigenvalue weighted by Crippen LogP contribution is 2.36. The van der Waals surface area contributed by atoms with Crippen molar-refractivity contribution >= 4 is 39.4 Å². The highest BCUT2D eigenvalue weighted by molar-refractivity contribution is 14.1. The van der Waals surface area contributed by atoms with Gasteiger partial charge in [-0.2, -0.15) is 0 Å². The molecule has 0 aromatic carbocycles. The summed E-state index contributed by atoms with van der Waals surface area (Å²) < 4.78 is 39.4. The Balaban J connectivity index is 3.35. The van der Waals surface area contributed by atoms with Crippen LogP contribution in [0.25, 0.3) is 0 Å². The molecule has 1 aromatic heterocycles. The van der Waals surface area contributed by atoms with Crippen LogP contribution in [0, 0.1) is 3.70 Å². The maximum atomic E-state index is 12.0. The fraction of sp³-hybridized carbons (Fsp3) is 0.143. The highest BCUT2D eigenvalue weighted by atomic mass is 127. The predicted molar refractivity (Wildman–Crippen MR) is 55.5 cm³/mol. The summed E-state index contributed by atoms with van der Waals surface area (Å²) in [6.45, 7) is 0. The van der Waals surface area contributed by atoms with Crippen LogP contribution < -0.4 is 4.74 Å². The number of alkyl halides is 3. The van der Waals surface area contributed by atoms with Gasteiger partial charge in [0.05, 0.1) is 6.20 Å². The standard InChI is InChI=1S/C7H2ClF3INO3/c8-5(15)3-4(16-7(9,10)11)2(14)1-13-6(3)12/h1,14H. The number of aromatic nitrogens is 1. The molecule has 0 spiro atoms. The molecule has 0 unspecified atom stereocenters. The Kier molecular flexibility index (Phi) is 3.84. The van der Waals surface area contributed by atoms with Gasteiger partial charge in [0.15, 0.2) is 11.5 Å². The number of carbonyl (C=O) groups excluding carboxylic acids is 1. The van der Waals surface area contributed by atoms with Crippen LogP contribution >= 0.6 is 34.2 Å². The number of rotatable bonds is 2. The van der Waals surface area contributed by atoms with Gasteiger partial charge in [0.1, 0.15) is 9.26 Å². The van der Waals surface area contributed by atoms with Crippen LogP contribution in [0.1, 0.15) is 10.4 Å². The van der Waals surface area contributed by atoms with Crippen LogP contribution in [-0.2, 0) is 0 Å². The minimum atomic E-state index is -5.04. The van der Waals surface area contributed by atoms with Crippen LogP contribution in [0.2, 0.25) is 0 Å². The first-order chi connectivity index (χ1) is 7.22. The molecule has 0 aliphatic carbocycles.